The molecule has 1 aliphatic carbocycles. The number of rotatable bonds is 2. The smallest absolute Gasteiger partial charge is 0.0326 e. The highest BCUT2D eigenvalue weighted by Gasteiger charge is 2.25. The molecule has 1 aliphatic rings. The average Bonchev–Trinajstić information content (AvgIpc) is 2.29. The molecule has 0 heterocycles. The number of nitrogens with two attached hydrogens (primary N) is 1. The third kappa shape index (κ3) is 2.46. The van der Waals surface area contributed by atoms with Crippen LogP contribution in [-0.4, -0.2) is 0 Å². The Labute approximate surface area is 99.0 Å². The summed E-state index contributed by atoms with van der Waals surface area (Å²) < 4.78 is 0. The molecule has 1 heteroatoms. The van der Waals surface area contributed by atoms with Gasteiger partial charge in [-0.2, -0.15) is 0 Å². The van der Waals surface area contributed by atoms with Gasteiger partial charge in [0.2, 0.25) is 0 Å². The molecule has 0 unspecified atom stereocenters. The van der Waals surface area contributed by atoms with E-state index < -0.39 is 0 Å². The molecular weight excluding hydrogens is 194 g/mol. The van der Waals surface area contributed by atoms with E-state index in [1.807, 2.05) is 0 Å². The van der Waals surface area contributed by atoms with E-state index in [-0.39, 0.29) is 6.04 Å². The number of hydrogen-bond donors (Lipinski definition) is 1. The summed E-state index contributed by atoms with van der Waals surface area (Å²) in [7, 11) is 0. The van der Waals surface area contributed by atoms with Gasteiger partial charge in [0.1, 0.15) is 0 Å². The number of hydrogen-bond acceptors (Lipinski definition) is 1. The normalized spacial score (nSPS) is 27.7. The van der Waals surface area contributed by atoms with Gasteiger partial charge in [-0.15, -0.1) is 0 Å². The van der Waals surface area contributed by atoms with Crippen molar-refractivity contribution >= 4 is 0 Å². The van der Waals surface area contributed by atoms with Gasteiger partial charge in [0.15, 0.2) is 0 Å². The lowest BCUT2D eigenvalue weighted by molar-refractivity contribution is 0.247. The fourth-order valence-corrected chi connectivity index (χ4v) is 3.02. The van der Waals surface area contributed by atoms with Gasteiger partial charge in [0.05, 0.1) is 0 Å². The molecule has 2 N–H and O–H groups in total. The minimum atomic E-state index is 0.240. The highest BCUT2D eigenvalue weighted by atomic mass is 14.7. The molecule has 88 valence electrons. The number of aryl methyl sites for hydroxylation is 1. The van der Waals surface area contributed by atoms with Crippen molar-refractivity contribution in [3.63, 3.8) is 0 Å². The van der Waals surface area contributed by atoms with E-state index in [0.717, 1.165) is 5.92 Å². The Morgan fingerprint density at radius 1 is 1.25 bits per heavy atom. The van der Waals surface area contributed by atoms with Gasteiger partial charge in [-0.1, -0.05) is 44.0 Å². The van der Waals surface area contributed by atoms with E-state index in [1.54, 1.807) is 0 Å². The van der Waals surface area contributed by atoms with Crippen LogP contribution in [0.4, 0.5) is 0 Å². The summed E-state index contributed by atoms with van der Waals surface area (Å²) in [6.07, 6.45) is 5.34. The van der Waals surface area contributed by atoms with Crippen LogP contribution in [0.5, 0.6) is 0 Å². The van der Waals surface area contributed by atoms with Crippen LogP contribution in [0.1, 0.15) is 49.8 Å². The van der Waals surface area contributed by atoms with E-state index in [1.165, 1.54) is 36.8 Å². The predicted molar refractivity (Wildman–Crippen MR) is 69.2 cm³/mol. The Kier molecular flexibility index (Phi) is 3.65. The highest BCUT2D eigenvalue weighted by molar-refractivity contribution is 5.29. The van der Waals surface area contributed by atoms with Crippen LogP contribution in [-0.2, 0) is 0 Å². The monoisotopic (exact) mass is 217 g/mol. The maximum Gasteiger partial charge on any atom is 0.0326 e. The van der Waals surface area contributed by atoms with E-state index in [2.05, 4.69) is 38.1 Å². The van der Waals surface area contributed by atoms with Gasteiger partial charge in [-0.05, 0) is 42.7 Å². The molecule has 0 saturated heterocycles. The van der Waals surface area contributed by atoms with Crippen LogP contribution in [0, 0.1) is 18.8 Å². The molecule has 0 spiro atoms. The molecule has 1 aromatic carbocycles. The van der Waals surface area contributed by atoms with Crippen molar-refractivity contribution in [2.75, 3.05) is 0 Å². The molecule has 16 heavy (non-hydrogen) atoms. The second-order valence-corrected chi connectivity index (χ2v) is 5.41. The van der Waals surface area contributed by atoms with Crippen LogP contribution in [0.25, 0.3) is 0 Å². The highest BCUT2D eigenvalue weighted by Crippen LogP contribution is 2.36. The number of benzene rings is 1. The molecule has 1 aromatic rings. The summed E-state index contributed by atoms with van der Waals surface area (Å²) in [6.45, 7) is 4.53. The second-order valence-electron chi connectivity index (χ2n) is 5.41. The molecule has 1 saturated carbocycles. The maximum absolute atomic E-state index is 6.43. The molecule has 0 radical (unpaired) electrons. The van der Waals surface area contributed by atoms with E-state index in [0.29, 0.717) is 5.92 Å². The van der Waals surface area contributed by atoms with Crippen molar-refractivity contribution in [3.05, 3.63) is 35.4 Å². The third-order valence-corrected chi connectivity index (χ3v) is 4.03. The van der Waals surface area contributed by atoms with Crippen molar-refractivity contribution in [3.8, 4) is 0 Å². The van der Waals surface area contributed by atoms with Crippen LogP contribution < -0.4 is 5.73 Å². The molecule has 2 rings (SSSR count). The van der Waals surface area contributed by atoms with Crippen LogP contribution >= 0.6 is 0 Å². The molecular formula is C15H23N. The van der Waals surface area contributed by atoms with Gasteiger partial charge < -0.3 is 5.73 Å². The molecule has 0 amide bonds. The van der Waals surface area contributed by atoms with Gasteiger partial charge in [0.25, 0.3) is 0 Å². The second kappa shape index (κ2) is 5.01. The minimum Gasteiger partial charge on any atom is -0.324 e. The fraction of sp³-hybridized carbons (Fsp3) is 0.600. The lowest BCUT2D eigenvalue weighted by Crippen LogP contribution is -2.26. The standard InChI is InChI=1S/C15H23N/c1-11-6-5-8-13(10-11)15(16)14-9-4-3-7-12(14)2/h3-4,7,9,11,13,15H,5-6,8,10,16H2,1-2H3/t11-,13-,15+/m0/s1. The fourth-order valence-electron chi connectivity index (χ4n) is 3.02. The van der Waals surface area contributed by atoms with Gasteiger partial charge >= 0.3 is 0 Å². The lowest BCUT2D eigenvalue weighted by atomic mass is 9.76. The zero-order valence-corrected chi connectivity index (χ0v) is 10.4. The SMILES string of the molecule is Cc1ccccc1[C@H](N)[C@H]1CCC[C@H](C)C1. The summed E-state index contributed by atoms with van der Waals surface area (Å²) in [5.74, 6) is 1.54. The molecule has 0 bridgehead atoms. The van der Waals surface area contributed by atoms with E-state index >= 15 is 0 Å². The first-order chi connectivity index (χ1) is 7.68. The topological polar surface area (TPSA) is 26.0 Å². The van der Waals surface area contributed by atoms with Gasteiger partial charge in [-0.25, -0.2) is 0 Å². The first-order valence-corrected chi connectivity index (χ1v) is 6.49. The first kappa shape index (κ1) is 11.7. The van der Waals surface area contributed by atoms with Gasteiger partial charge in [-0.3, -0.25) is 0 Å². The van der Waals surface area contributed by atoms with Crippen molar-refractivity contribution in [1.82, 2.24) is 0 Å². The molecule has 0 aromatic heterocycles. The minimum absolute atomic E-state index is 0.240. The largest absolute Gasteiger partial charge is 0.324 e. The Morgan fingerprint density at radius 3 is 2.69 bits per heavy atom. The summed E-state index contributed by atoms with van der Waals surface area (Å²) in [4.78, 5) is 0. The summed E-state index contributed by atoms with van der Waals surface area (Å²) in [6, 6.07) is 8.80. The first-order valence-electron chi connectivity index (χ1n) is 6.49. The van der Waals surface area contributed by atoms with Crippen LogP contribution in [0.2, 0.25) is 0 Å². The van der Waals surface area contributed by atoms with E-state index in [9.17, 15) is 0 Å². The zero-order chi connectivity index (χ0) is 11.5. The third-order valence-electron chi connectivity index (χ3n) is 4.03. The zero-order valence-electron chi connectivity index (χ0n) is 10.4. The van der Waals surface area contributed by atoms with Crippen molar-refractivity contribution in [2.24, 2.45) is 17.6 Å². The Bertz CT molecular complexity index is 345. The van der Waals surface area contributed by atoms with Crippen molar-refractivity contribution < 1.29 is 0 Å². The molecule has 1 nitrogen and oxygen atoms in total. The van der Waals surface area contributed by atoms with Crippen LogP contribution in [0.3, 0.4) is 0 Å². The van der Waals surface area contributed by atoms with Gasteiger partial charge in [0, 0.05) is 6.04 Å². The van der Waals surface area contributed by atoms with Crippen molar-refractivity contribution in [2.45, 2.75) is 45.6 Å². The Morgan fingerprint density at radius 2 is 2.00 bits per heavy atom. The molecule has 1 fully saturated rings. The predicted octanol–water partition coefficient (Wildman–Crippen LogP) is 3.82. The molecule has 0 aliphatic heterocycles. The Balaban J connectivity index is 2.12. The quantitative estimate of drug-likeness (QED) is 0.800. The molecule has 3 atom stereocenters. The summed E-state index contributed by atoms with van der Waals surface area (Å²) in [5, 5.41) is 0. The van der Waals surface area contributed by atoms with Crippen LogP contribution in [0.15, 0.2) is 24.3 Å². The Hall–Kier alpha value is -0.820. The average molecular weight is 217 g/mol. The lowest BCUT2D eigenvalue weighted by Gasteiger charge is -2.32. The van der Waals surface area contributed by atoms with E-state index in [4.69, 9.17) is 5.73 Å². The summed E-state index contributed by atoms with van der Waals surface area (Å²) in [5.41, 5.74) is 9.12. The summed E-state index contributed by atoms with van der Waals surface area (Å²) >= 11 is 0. The van der Waals surface area contributed by atoms with Crippen molar-refractivity contribution in [1.29, 1.82) is 0 Å². The maximum atomic E-state index is 6.43.